The number of carbonyl (C=O) groups excluding carboxylic acids is 1. The summed E-state index contributed by atoms with van der Waals surface area (Å²) >= 11 is 0. The minimum atomic E-state index is -0.00267. The van der Waals surface area contributed by atoms with Crippen LogP contribution in [0.25, 0.3) is 11.1 Å². The van der Waals surface area contributed by atoms with E-state index in [1.54, 1.807) is 7.11 Å². The van der Waals surface area contributed by atoms with Gasteiger partial charge in [-0.1, -0.05) is 17.3 Å². The average molecular weight is 351 g/mol. The van der Waals surface area contributed by atoms with Gasteiger partial charge in [-0.3, -0.25) is 4.79 Å². The molecular formula is C20H21N3O3. The van der Waals surface area contributed by atoms with Crippen LogP contribution in [0.1, 0.15) is 46.2 Å². The fraction of sp³-hybridized carbons (Fsp3) is 0.350. The maximum Gasteiger partial charge on any atom is 0.258 e. The topological polar surface area (TPSA) is 68.5 Å². The molecule has 0 bridgehead atoms. The van der Waals surface area contributed by atoms with Gasteiger partial charge in [-0.15, -0.1) is 0 Å². The highest BCUT2D eigenvalue weighted by atomic mass is 16.5. The molecule has 3 heterocycles. The van der Waals surface area contributed by atoms with Crippen LogP contribution in [-0.2, 0) is 0 Å². The number of amides is 1. The first-order chi connectivity index (χ1) is 12.6. The van der Waals surface area contributed by atoms with Crippen molar-refractivity contribution in [1.29, 1.82) is 0 Å². The number of pyridine rings is 1. The molecule has 1 saturated heterocycles. The molecular weight excluding hydrogens is 330 g/mol. The van der Waals surface area contributed by atoms with Crippen molar-refractivity contribution in [2.45, 2.75) is 32.7 Å². The molecule has 1 amide bonds. The molecule has 1 aliphatic heterocycles. The van der Waals surface area contributed by atoms with Gasteiger partial charge in [0.1, 0.15) is 5.75 Å². The van der Waals surface area contributed by atoms with Crippen LogP contribution in [-0.4, -0.2) is 34.6 Å². The molecule has 6 nitrogen and oxygen atoms in total. The van der Waals surface area contributed by atoms with Gasteiger partial charge in [0, 0.05) is 12.2 Å². The predicted molar refractivity (Wildman–Crippen MR) is 97.3 cm³/mol. The van der Waals surface area contributed by atoms with Crippen molar-refractivity contribution in [3.63, 3.8) is 0 Å². The van der Waals surface area contributed by atoms with Gasteiger partial charge in [0.05, 0.1) is 29.8 Å². The first kappa shape index (κ1) is 16.6. The van der Waals surface area contributed by atoms with Crippen molar-refractivity contribution in [2.24, 2.45) is 0 Å². The number of rotatable bonds is 3. The smallest absolute Gasteiger partial charge is 0.258 e. The summed E-state index contributed by atoms with van der Waals surface area (Å²) in [6.45, 7) is 4.43. The van der Waals surface area contributed by atoms with Crippen LogP contribution in [0.3, 0.4) is 0 Å². The van der Waals surface area contributed by atoms with Gasteiger partial charge in [-0.25, -0.2) is 4.98 Å². The monoisotopic (exact) mass is 351 g/mol. The molecule has 0 aliphatic carbocycles. The molecule has 0 N–H and O–H groups in total. The van der Waals surface area contributed by atoms with Gasteiger partial charge >= 0.3 is 0 Å². The first-order valence-corrected chi connectivity index (χ1v) is 8.77. The van der Waals surface area contributed by atoms with Crippen molar-refractivity contribution in [3.8, 4) is 5.75 Å². The van der Waals surface area contributed by atoms with Crippen LogP contribution in [0, 0.1) is 13.8 Å². The molecule has 26 heavy (non-hydrogen) atoms. The van der Waals surface area contributed by atoms with Gasteiger partial charge in [0.2, 0.25) is 0 Å². The van der Waals surface area contributed by atoms with E-state index in [-0.39, 0.29) is 11.9 Å². The molecule has 134 valence electrons. The summed E-state index contributed by atoms with van der Waals surface area (Å²) in [4.78, 5) is 19.7. The molecule has 0 unspecified atom stereocenters. The molecule has 1 aliphatic rings. The van der Waals surface area contributed by atoms with Gasteiger partial charge in [0.15, 0.2) is 0 Å². The molecule has 1 aromatic carbocycles. The summed E-state index contributed by atoms with van der Waals surface area (Å²) in [5.41, 5.74) is 3.56. The average Bonchev–Trinajstić information content (AvgIpc) is 3.28. The van der Waals surface area contributed by atoms with Crippen LogP contribution in [0.2, 0.25) is 0 Å². The van der Waals surface area contributed by atoms with E-state index in [4.69, 9.17) is 9.26 Å². The van der Waals surface area contributed by atoms with Gasteiger partial charge in [-0.05, 0) is 50.5 Å². The molecule has 1 atom stereocenters. The summed E-state index contributed by atoms with van der Waals surface area (Å²) in [6, 6.07) is 9.82. The van der Waals surface area contributed by atoms with E-state index in [0.29, 0.717) is 22.4 Å². The van der Waals surface area contributed by atoms with E-state index in [1.807, 2.05) is 43.0 Å². The Kier molecular flexibility index (Phi) is 4.11. The molecule has 2 aromatic heterocycles. The first-order valence-electron chi connectivity index (χ1n) is 8.77. The number of nitrogens with zero attached hydrogens (tertiary/aromatic N) is 3. The Morgan fingerprint density at radius 1 is 1.31 bits per heavy atom. The largest absolute Gasteiger partial charge is 0.497 e. The summed E-state index contributed by atoms with van der Waals surface area (Å²) < 4.78 is 10.6. The highest BCUT2D eigenvalue weighted by Crippen LogP contribution is 2.35. The Morgan fingerprint density at radius 3 is 2.96 bits per heavy atom. The predicted octanol–water partition coefficient (Wildman–Crippen LogP) is 3.83. The number of methoxy groups -OCH3 is 1. The van der Waals surface area contributed by atoms with Crippen molar-refractivity contribution in [1.82, 2.24) is 15.0 Å². The van der Waals surface area contributed by atoms with Crippen LogP contribution in [0.15, 0.2) is 34.9 Å². The number of hydrogen-bond donors (Lipinski definition) is 0. The Bertz CT molecular complexity index is 980. The summed E-state index contributed by atoms with van der Waals surface area (Å²) in [6.07, 6.45) is 1.91. The number of fused-ring (bicyclic) bond motifs is 1. The molecule has 0 radical (unpaired) electrons. The highest BCUT2D eigenvalue weighted by Gasteiger charge is 2.32. The second-order valence-electron chi connectivity index (χ2n) is 6.69. The molecule has 4 rings (SSSR count). The van der Waals surface area contributed by atoms with Crippen molar-refractivity contribution in [2.75, 3.05) is 13.7 Å². The molecule has 1 fully saturated rings. The SMILES string of the molecule is COc1cccc([C@H]2CCCN2C(=O)c2cc(C)nc3onc(C)c23)c1. The van der Waals surface area contributed by atoms with Crippen molar-refractivity contribution in [3.05, 3.63) is 52.8 Å². The number of benzene rings is 1. The van der Waals surface area contributed by atoms with E-state index >= 15 is 0 Å². The molecule has 3 aromatic rings. The van der Waals surface area contributed by atoms with Crippen molar-refractivity contribution < 1.29 is 14.1 Å². The zero-order valence-electron chi connectivity index (χ0n) is 15.2. The minimum Gasteiger partial charge on any atom is -0.497 e. The zero-order valence-corrected chi connectivity index (χ0v) is 15.2. The third-order valence-corrected chi connectivity index (χ3v) is 4.97. The lowest BCUT2D eigenvalue weighted by atomic mass is 10.0. The number of aromatic nitrogens is 2. The summed E-state index contributed by atoms with van der Waals surface area (Å²) in [5, 5.41) is 4.69. The van der Waals surface area contributed by atoms with E-state index < -0.39 is 0 Å². The quantitative estimate of drug-likeness (QED) is 0.717. The van der Waals surface area contributed by atoms with Crippen LogP contribution < -0.4 is 4.74 Å². The Labute approximate surface area is 151 Å². The standard InChI is InChI=1S/C20H21N3O3/c1-12-10-16(18-13(2)22-26-19(18)21-12)20(24)23-9-5-8-17(23)14-6-4-7-15(11-14)25-3/h4,6-7,10-11,17H,5,8-9H2,1-3H3/t17-/m1/s1. The Morgan fingerprint density at radius 2 is 2.15 bits per heavy atom. The fourth-order valence-corrected chi connectivity index (χ4v) is 3.75. The maximum absolute atomic E-state index is 13.4. The van der Waals surface area contributed by atoms with Gasteiger partial charge in [-0.2, -0.15) is 0 Å². The lowest BCUT2D eigenvalue weighted by Crippen LogP contribution is -2.31. The van der Waals surface area contributed by atoms with E-state index in [1.165, 1.54) is 0 Å². The number of aryl methyl sites for hydroxylation is 2. The van der Waals surface area contributed by atoms with Crippen molar-refractivity contribution >= 4 is 17.0 Å². The number of carbonyl (C=O) groups is 1. The third-order valence-electron chi connectivity index (χ3n) is 4.97. The second-order valence-corrected chi connectivity index (χ2v) is 6.69. The third kappa shape index (κ3) is 2.71. The van der Waals surface area contributed by atoms with E-state index in [0.717, 1.165) is 36.4 Å². The second kappa shape index (κ2) is 6.44. The van der Waals surface area contributed by atoms with Crippen LogP contribution in [0.5, 0.6) is 5.75 Å². The molecule has 0 spiro atoms. The van der Waals surface area contributed by atoms with Gasteiger partial charge < -0.3 is 14.2 Å². The lowest BCUT2D eigenvalue weighted by Gasteiger charge is -2.26. The normalized spacial score (nSPS) is 17.0. The van der Waals surface area contributed by atoms with E-state index in [9.17, 15) is 4.79 Å². The molecule has 6 heteroatoms. The highest BCUT2D eigenvalue weighted by molar-refractivity contribution is 6.06. The minimum absolute atomic E-state index is 0.00267. The van der Waals surface area contributed by atoms with Crippen LogP contribution in [0.4, 0.5) is 0 Å². The molecule has 0 saturated carbocycles. The fourth-order valence-electron chi connectivity index (χ4n) is 3.75. The summed E-state index contributed by atoms with van der Waals surface area (Å²) in [7, 11) is 1.65. The van der Waals surface area contributed by atoms with Crippen LogP contribution >= 0.6 is 0 Å². The lowest BCUT2D eigenvalue weighted by molar-refractivity contribution is 0.0737. The summed E-state index contributed by atoms with van der Waals surface area (Å²) in [5.74, 6) is 0.802. The van der Waals surface area contributed by atoms with E-state index in [2.05, 4.69) is 16.2 Å². The van der Waals surface area contributed by atoms with Gasteiger partial charge in [0.25, 0.3) is 11.6 Å². The number of ether oxygens (including phenoxy) is 1. The Balaban J connectivity index is 1.75. The number of likely N-dealkylation sites (tertiary alicyclic amines) is 1. The Hall–Kier alpha value is -2.89. The zero-order chi connectivity index (χ0) is 18.3. The number of hydrogen-bond acceptors (Lipinski definition) is 5. The maximum atomic E-state index is 13.4.